The van der Waals surface area contributed by atoms with Crippen molar-refractivity contribution in [3.8, 4) is 0 Å². The Bertz CT molecular complexity index is 796. The van der Waals surface area contributed by atoms with Crippen LogP contribution in [0.4, 0.5) is 11.5 Å². The first-order valence-corrected chi connectivity index (χ1v) is 11.3. The van der Waals surface area contributed by atoms with Crippen molar-refractivity contribution in [2.24, 2.45) is 5.92 Å². The molecular weight excluding hydrogens is 432 g/mol. The second kappa shape index (κ2) is 9.67. The normalized spacial score (nSPS) is 26.9. The quantitative estimate of drug-likeness (QED) is 0.210. The number of anilines is 2. The highest BCUT2D eigenvalue weighted by Gasteiger charge is 2.53. The van der Waals surface area contributed by atoms with Gasteiger partial charge in [-0.05, 0) is 33.1 Å². The average Bonchev–Trinajstić information content (AvgIpc) is 3.14. The van der Waals surface area contributed by atoms with Gasteiger partial charge in [0.1, 0.15) is 12.3 Å². The number of aromatic nitrogens is 2. The summed E-state index contributed by atoms with van der Waals surface area (Å²) in [5, 5.41) is 15.7. The standard InChI is InChI=1S/C19H27ClN4O5S/c1-4-5-30-18-23-16(20)14(21-9-25)17(24-18)22-11-6-12(28-8-13(26)27)15-10(11)7-19(2,3)29-15/h9-12,15H,4-8H2,1-3H3,(H,21,25)(H,26,27)(H,22,23,24)/t10-,11+,12-,15-/m0/s1. The van der Waals surface area contributed by atoms with Gasteiger partial charge in [0.2, 0.25) is 6.41 Å². The predicted octanol–water partition coefficient (Wildman–Crippen LogP) is 3.04. The molecule has 166 valence electrons. The molecule has 1 aliphatic heterocycles. The zero-order valence-electron chi connectivity index (χ0n) is 17.2. The van der Waals surface area contributed by atoms with Crippen LogP contribution in [0.5, 0.6) is 0 Å². The van der Waals surface area contributed by atoms with Gasteiger partial charge in [0.25, 0.3) is 0 Å². The minimum absolute atomic E-state index is 0.0854. The van der Waals surface area contributed by atoms with Gasteiger partial charge in [-0.2, -0.15) is 0 Å². The van der Waals surface area contributed by atoms with Crippen molar-refractivity contribution in [2.75, 3.05) is 23.0 Å². The molecule has 0 spiro atoms. The van der Waals surface area contributed by atoms with Crippen molar-refractivity contribution in [3.63, 3.8) is 0 Å². The van der Waals surface area contributed by atoms with Gasteiger partial charge >= 0.3 is 5.97 Å². The SMILES string of the molecule is CCCSc1nc(Cl)c(NC=O)c(N[C@@H]2C[C@H](OCC(=O)O)[C@H]3OC(C)(C)C[C@H]32)n1. The second-order valence-electron chi connectivity index (χ2n) is 8.07. The number of hydrogen-bond acceptors (Lipinski definition) is 8. The summed E-state index contributed by atoms with van der Waals surface area (Å²) in [6, 6.07) is -0.0854. The van der Waals surface area contributed by atoms with Gasteiger partial charge in [-0.1, -0.05) is 30.3 Å². The fourth-order valence-corrected chi connectivity index (χ4v) is 5.09. The summed E-state index contributed by atoms with van der Waals surface area (Å²) in [5.74, 6) is 0.367. The molecule has 0 aromatic carbocycles. The molecule has 0 radical (unpaired) electrons. The smallest absolute Gasteiger partial charge is 0.329 e. The van der Waals surface area contributed by atoms with Gasteiger partial charge in [0.15, 0.2) is 16.1 Å². The first-order valence-electron chi connectivity index (χ1n) is 9.92. The lowest BCUT2D eigenvalue weighted by atomic mass is 9.92. The van der Waals surface area contributed by atoms with E-state index in [1.54, 1.807) is 0 Å². The van der Waals surface area contributed by atoms with Gasteiger partial charge in [-0.3, -0.25) is 4.79 Å². The lowest BCUT2D eigenvalue weighted by Crippen LogP contribution is -2.31. The molecule has 1 amide bonds. The van der Waals surface area contributed by atoms with Crippen LogP contribution in [0.1, 0.15) is 40.0 Å². The van der Waals surface area contributed by atoms with E-state index in [0.717, 1.165) is 18.6 Å². The van der Waals surface area contributed by atoms with Crippen molar-refractivity contribution in [1.29, 1.82) is 0 Å². The molecule has 2 heterocycles. The molecule has 0 unspecified atom stereocenters. The number of carboxylic acid groups (broad SMARTS) is 1. The number of carboxylic acids is 1. The van der Waals surface area contributed by atoms with E-state index in [0.29, 0.717) is 29.5 Å². The number of fused-ring (bicyclic) bond motifs is 1. The largest absolute Gasteiger partial charge is 0.480 e. The molecule has 1 aliphatic carbocycles. The third-order valence-electron chi connectivity index (χ3n) is 5.20. The Morgan fingerprint density at radius 2 is 2.23 bits per heavy atom. The second-order valence-corrected chi connectivity index (χ2v) is 9.49. The Morgan fingerprint density at radius 1 is 1.47 bits per heavy atom. The van der Waals surface area contributed by atoms with E-state index < -0.39 is 5.97 Å². The number of halogens is 1. The molecule has 11 heteroatoms. The topological polar surface area (TPSA) is 123 Å². The molecule has 1 saturated carbocycles. The molecule has 2 aliphatic rings. The summed E-state index contributed by atoms with van der Waals surface area (Å²) in [5.41, 5.74) is -0.0207. The molecular formula is C19H27ClN4O5S. The van der Waals surface area contributed by atoms with Crippen LogP contribution in [0.2, 0.25) is 5.15 Å². The number of carbonyl (C=O) groups is 2. The molecule has 2 fully saturated rings. The van der Waals surface area contributed by atoms with Crippen molar-refractivity contribution >= 4 is 47.2 Å². The Balaban J connectivity index is 1.85. The van der Waals surface area contributed by atoms with Crippen molar-refractivity contribution in [3.05, 3.63) is 5.15 Å². The number of amides is 1. The van der Waals surface area contributed by atoms with E-state index in [1.165, 1.54) is 11.8 Å². The summed E-state index contributed by atoms with van der Waals surface area (Å²) >= 11 is 7.79. The summed E-state index contributed by atoms with van der Waals surface area (Å²) in [6.07, 6.45) is 2.27. The maximum absolute atomic E-state index is 11.1. The summed E-state index contributed by atoms with van der Waals surface area (Å²) in [6.45, 7) is 5.71. The van der Waals surface area contributed by atoms with Crippen molar-refractivity contribution < 1.29 is 24.2 Å². The summed E-state index contributed by atoms with van der Waals surface area (Å²) < 4.78 is 11.8. The van der Waals surface area contributed by atoms with Crippen LogP contribution in [-0.4, -0.2) is 63.7 Å². The van der Waals surface area contributed by atoms with Crippen LogP contribution in [-0.2, 0) is 19.1 Å². The average molecular weight is 459 g/mol. The van der Waals surface area contributed by atoms with Crippen LogP contribution >= 0.6 is 23.4 Å². The van der Waals surface area contributed by atoms with E-state index in [2.05, 4.69) is 27.5 Å². The zero-order chi connectivity index (χ0) is 21.9. The van der Waals surface area contributed by atoms with E-state index >= 15 is 0 Å². The fourth-order valence-electron chi connectivity index (χ4n) is 4.12. The molecule has 30 heavy (non-hydrogen) atoms. The Hall–Kier alpha value is -1.62. The fraction of sp³-hybridized carbons (Fsp3) is 0.684. The van der Waals surface area contributed by atoms with Crippen LogP contribution < -0.4 is 10.6 Å². The van der Waals surface area contributed by atoms with Crippen molar-refractivity contribution in [2.45, 2.75) is 69.0 Å². The molecule has 1 aromatic heterocycles. The highest BCUT2D eigenvalue weighted by Crippen LogP contribution is 2.46. The number of rotatable bonds is 10. The van der Waals surface area contributed by atoms with Crippen LogP contribution in [0.3, 0.4) is 0 Å². The number of carbonyl (C=O) groups excluding carboxylic acids is 1. The van der Waals surface area contributed by atoms with E-state index in [-0.39, 0.29) is 41.5 Å². The van der Waals surface area contributed by atoms with Gasteiger partial charge < -0.3 is 25.2 Å². The van der Waals surface area contributed by atoms with E-state index in [9.17, 15) is 9.59 Å². The van der Waals surface area contributed by atoms with Crippen LogP contribution in [0, 0.1) is 5.92 Å². The maximum Gasteiger partial charge on any atom is 0.329 e. The highest BCUT2D eigenvalue weighted by atomic mass is 35.5. The molecule has 3 N–H and O–H groups in total. The minimum atomic E-state index is -1.02. The monoisotopic (exact) mass is 458 g/mol. The molecule has 0 bridgehead atoms. The number of hydrogen-bond donors (Lipinski definition) is 3. The molecule has 1 aromatic rings. The lowest BCUT2D eigenvalue weighted by Gasteiger charge is -2.24. The van der Waals surface area contributed by atoms with Crippen LogP contribution in [0.15, 0.2) is 5.16 Å². The molecule has 4 atom stereocenters. The predicted molar refractivity (Wildman–Crippen MR) is 114 cm³/mol. The van der Waals surface area contributed by atoms with E-state index in [4.69, 9.17) is 26.2 Å². The molecule has 9 nitrogen and oxygen atoms in total. The zero-order valence-corrected chi connectivity index (χ0v) is 18.8. The third-order valence-corrected chi connectivity index (χ3v) is 6.53. The number of ether oxygens (including phenoxy) is 2. The molecule has 3 rings (SSSR count). The van der Waals surface area contributed by atoms with Gasteiger partial charge in [-0.15, -0.1) is 0 Å². The first-order chi connectivity index (χ1) is 14.2. The summed E-state index contributed by atoms with van der Waals surface area (Å²) in [7, 11) is 0. The van der Waals surface area contributed by atoms with Crippen LogP contribution in [0.25, 0.3) is 0 Å². The Labute approximate surface area is 184 Å². The number of aliphatic carboxylic acids is 1. The Kier molecular flexibility index (Phi) is 7.43. The van der Waals surface area contributed by atoms with Gasteiger partial charge in [0.05, 0.1) is 17.8 Å². The van der Waals surface area contributed by atoms with E-state index in [1.807, 2.05) is 13.8 Å². The number of thioether (sulfide) groups is 1. The number of nitrogens with zero attached hydrogens (tertiary/aromatic N) is 2. The minimum Gasteiger partial charge on any atom is -0.480 e. The third kappa shape index (κ3) is 5.35. The maximum atomic E-state index is 11.1. The first kappa shape index (κ1) is 23.1. The summed E-state index contributed by atoms with van der Waals surface area (Å²) in [4.78, 5) is 30.9. The van der Waals surface area contributed by atoms with Crippen molar-refractivity contribution in [1.82, 2.24) is 9.97 Å². The van der Waals surface area contributed by atoms with Gasteiger partial charge in [-0.25, -0.2) is 14.8 Å². The van der Waals surface area contributed by atoms with Gasteiger partial charge in [0, 0.05) is 17.7 Å². The lowest BCUT2D eigenvalue weighted by molar-refractivity contribution is -0.149. The molecule has 1 saturated heterocycles. The number of nitrogens with one attached hydrogen (secondary N) is 2. The highest BCUT2D eigenvalue weighted by molar-refractivity contribution is 7.99. The Morgan fingerprint density at radius 3 is 2.90 bits per heavy atom.